The summed E-state index contributed by atoms with van der Waals surface area (Å²) in [6.45, 7) is 0. The minimum atomic E-state index is -1.34. The Kier molecular flexibility index (Phi) is 3.95. The quantitative estimate of drug-likeness (QED) is 0.895. The number of nitrogens with one attached hydrogen (secondary N) is 2. The van der Waals surface area contributed by atoms with Gasteiger partial charge in [-0.25, -0.2) is 9.18 Å². The van der Waals surface area contributed by atoms with Gasteiger partial charge < -0.3 is 20.5 Å². The molecule has 0 aromatic heterocycles. The number of urea groups is 1. The molecule has 0 aliphatic heterocycles. The van der Waals surface area contributed by atoms with Crippen molar-refractivity contribution in [3.8, 4) is 0 Å². The van der Waals surface area contributed by atoms with Crippen LogP contribution in [0.4, 0.5) is 20.6 Å². The van der Waals surface area contributed by atoms with Gasteiger partial charge in [0, 0.05) is 5.69 Å². The van der Waals surface area contributed by atoms with Crippen LogP contribution in [0.15, 0.2) is 48.5 Å². The Hall–Kier alpha value is -2.89. The van der Waals surface area contributed by atoms with E-state index in [0.717, 1.165) is 0 Å². The summed E-state index contributed by atoms with van der Waals surface area (Å²) in [7, 11) is 0. The maximum atomic E-state index is 13.3. The molecule has 0 atom stereocenters. The second-order valence-electron chi connectivity index (χ2n) is 3.93. The molecule has 6 heteroatoms. The number of aromatic carboxylic acids is 1. The minimum Gasteiger partial charge on any atom is -0.545 e. The predicted molar refractivity (Wildman–Crippen MR) is 69.8 cm³/mol. The third kappa shape index (κ3) is 3.32. The molecule has 0 aliphatic rings. The third-order valence-electron chi connectivity index (χ3n) is 2.48. The van der Waals surface area contributed by atoms with Crippen molar-refractivity contribution in [3.05, 3.63) is 59.9 Å². The summed E-state index contributed by atoms with van der Waals surface area (Å²) in [5.74, 6) is -1.91. The number of carboxylic acids is 1. The van der Waals surface area contributed by atoms with Crippen molar-refractivity contribution in [2.75, 3.05) is 10.6 Å². The van der Waals surface area contributed by atoms with E-state index in [-0.39, 0.29) is 16.9 Å². The number of para-hydroxylation sites is 1. The zero-order valence-electron chi connectivity index (χ0n) is 10.2. The largest absolute Gasteiger partial charge is 0.545 e. The van der Waals surface area contributed by atoms with Gasteiger partial charge >= 0.3 is 6.03 Å². The normalized spacial score (nSPS) is 9.85. The SMILES string of the molecule is O=C(Nc1cccc(C(=O)[O-])c1)Nc1ccccc1F. The van der Waals surface area contributed by atoms with Crippen LogP contribution in [0.3, 0.4) is 0 Å². The average molecular weight is 273 g/mol. The monoisotopic (exact) mass is 273 g/mol. The van der Waals surface area contributed by atoms with Gasteiger partial charge in [0.15, 0.2) is 0 Å². The summed E-state index contributed by atoms with van der Waals surface area (Å²) in [5, 5.41) is 15.4. The molecule has 0 heterocycles. The molecule has 5 nitrogen and oxygen atoms in total. The molecule has 0 radical (unpaired) electrons. The number of benzene rings is 2. The van der Waals surface area contributed by atoms with Crippen LogP contribution in [0, 0.1) is 5.82 Å². The summed E-state index contributed by atoms with van der Waals surface area (Å²) in [4.78, 5) is 22.3. The molecule has 2 aromatic rings. The molecule has 20 heavy (non-hydrogen) atoms. The second-order valence-corrected chi connectivity index (χ2v) is 3.93. The summed E-state index contributed by atoms with van der Waals surface area (Å²) in [6.07, 6.45) is 0. The van der Waals surface area contributed by atoms with Crippen LogP contribution < -0.4 is 15.7 Å². The van der Waals surface area contributed by atoms with Crippen LogP contribution in [0.1, 0.15) is 10.4 Å². The fraction of sp³-hybridized carbons (Fsp3) is 0. The van der Waals surface area contributed by atoms with Gasteiger partial charge in [0.25, 0.3) is 0 Å². The van der Waals surface area contributed by atoms with E-state index < -0.39 is 17.8 Å². The molecular weight excluding hydrogens is 263 g/mol. The van der Waals surface area contributed by atoms with E-state index in [9.17, 15) is 19.1 Å². The summed E-state index contributed by atoms with van der Waals surface area (Å²) >= 11 is 0. The molecule has 0 saturated carbocycles. The van der Waals surface area contributed by atoms with Crippen molar-refractivity contribution in [1.29, 1.82) is 0 Å². The Morgan fingerprint density at radius 2 is 1.75 bits per heavy atom. The molecule has 0 fully saturated rings. The van der Waals surface area contributed by atoms with E-state index in [1.54, 1.807) is 6.07 Å². The zero-order chi connectivity index (χ0) is 14.5. The fourth-order valence-corrected chi connectivity index (χ4v) is 1.57. The molecule has 2 amide bonds. The number of hydrogen-bond acceptors (Lipinski definition) is 3. The number of rotatable bonds is 3. The molecule has 102 valence electrons. The van der Waals surface area contributed by atoms with E-state index in [2.05, 4.69) is 10.6 Å². The Labute approximate surface area is 114 Å². The number of hydrogen-bond donors (Lipinski definition) is 2. The number of carbonyl (C=O) groups is 2. The zero-order valence-corrected chi connectivity index (χ0v) is 10.2. The van der Waals surface area contributed by atoms with E-state index in [1.807, 2.05) is 0 Å². The summed E-state index contributed by atoms with van der Waals surface area (Å²) in [6, 6.07) is 10.6. The lowest BCUT2D eigenvalue weighted by atomic mass is 10.2. The van der Waals surface area contributed by atoms with Crippen LogP contribution >= 0.6 is 0 Å². The number of carbonyl (C=O) groups excluding carboxylic acids is 2. The molecule has 0 saturated heterocycles. The van der Waals surface area contributed by atoms with E-state index >= 15 is 0 Å². The van der Waals surface area contributed by atoms with Crippen molar-refractivity contribution in [2.24, 2.45) is 0 Å². The lowest BCUT2D eigenvalue weighted by Gasteiger charge is -2.09. The standard InChI is InChI=1S/C14H11FN2O3/c15-11-6-1-2-7-12(11)17-14(20)16-10-5-3-4-9(8-10)13(18)19/h1-8H,(H,18,19)(H2,16,17,20)/p-1. The van der Waals surface area contributed by atoms with E-state index in [4.69, 9.17) is 0 Å². The highest BCUT2D eigenvalue weighted by Gasteiger charge is 2.06. The molecule has 0 bridgehead atoms. The Balaban J connectivity index is 2.07. The maximum Gasteiger partial charge on any atom is 0.323 e. The molecule has 2 rings (SSSR count). The Morgan fingerprint density at radius 1 is 1.00 bits per heavy atom. The van der Waals surface area contributed by atoms with Crippen molar-refractivity contribution < 1.29 is 19.1 Å². The van der Waals surface area contributed by atoms with Crippen molar-refractivity contribution in [2.45, 2.75) is 0 Å². The number of halogens is 1. The number of amides is 2. The topological polar surface area (TPSA) is 81.3 Å². The lowest BCUT2D eigenvalue weighted by Crippen LogP contribution is -2.23. The van der Waals surface area contributed by atoms with Gasteiger partial charge in [0.05, 0.1) is 11.7 Å². The Bertz CT molecular complexity index is 658. The highest BCUT2D eigenvalue weighted by Crippen LogP contribution is 2.14. The second kappa shape index (κ2) is 5.83. The highest BCUT2D eigenvalue weighted by atomic mass is 19.1. The van der Waals surface area contributed by atoms with Crippen LogP contribution in [-0.4, -0.2) is 12.0 Å². The third-order valence-corrected chi connectivity index (χ3v) is 2.48. The van der Waals surface area contributed by atoms with Gasteiger partial charge in [-0.2, -0.15) is 0 Å². The first-order valence-electron chi connectivity index (χ1n) is 5.70. The molecule has 0 unspecified atom stereocenters. The summed E-state index contributed by atoms with van der Waals surface area (Å²) in [5.41, 5.74) is 0.232. The average Bonchev–Trinajstić information content (AvgIpc) is 2.41. The molecule has 0 spiro atoms. The minimum absolute atomic E-state index is 0.0288. The smallest absolute Gasteiger partial charge is 0.323 e. The first-order valence-corrected chi connectivity index (χ1v) is 5.70. The van der Waals surface area contributed by atoms with Gasteiger partial charge in [-0.1, -0.05) is 24.3 Å². The van der Waals surface area contributed by atoms with Gasteiger partial charge in [0.2, 0.25) is 0 Å². The molecule has 0 aliphatic carbocycles. The predicted octanol–water partition coefficient (Wildman–Crippen LogP) is 1.83. The lowest BCUT2D eigenvalue weighted by molar-refractivity contribution is -0.255. The van der Waals surface area contributed by atoms with Crippen LogP contribution in [-0.2, 0) is 0 Å². The number of anilines is 2. The van der Waals surface area contributed by atoms with Gasteiger partial charge in [0.1, 0.15) is 5.82 Å². The van der Waals surface area contributed by atoms with Crippen molar-refractivity contribution in [3.63, 3.8) is 0 Å². The van der Waals surface area contributed by atoms with Gasteiger partial charge in [-0.15, -0.1) is 0 Å². The van der Waals surface area contributed by atoms with Crippen molar-refractivity contribution in [1.82, 2.24) is 0 Å². The van der Waals surface area contributed by atoms with Gasteiger partial charge in [-0.05, 0) is 29.8 Å². The molecular formula is C14H10FN2O3-. The first-order chi connectivity index (χ1) is 9.56. The van der Waals surface area contributed by atoms with Crippen molar-refractivity contribution >= 4 is 23.4 Å². The van der Waals surface area contributed by atoms with E-state index in [0.29, 0.717) is 0 Å². The van der Waals surface area contributed by atoms with Crippen LogP contribution in [0.5, 0.6) is 0 Å². The maximum absolute atomic E-state index is 13.3. The number of carboxylic acid groups (broad SMARTS) is 1. The van der Waals surface area contributed by atoms with Crippen LogP contribution in [0.2, 0.25) is 0 Å². The molecule has 2 aromatic carbocycles. The Morgan fingerprint density at radius 3 is 2.45 bits per heavy atom. The van der Waals surface area contributed by atoms with E-state index in [1.165, 1.54) is 42.5 Å². The van der Waals surface area contributed by atoms with Gasteiger partial charge in [-0.3, -0.25) is 0 Å². The molecule has 2 N–H and O–H groups in total. The highest BCUT2D eigenvalue weighted by molar-refractivity contribution is 6.00. The van der Waals surface area contributed by atoms with Crippen LogP contribution in [0.25, 0.3) is 0 Å². The fourth-order valence-electron chi connectivity index (χ4n) is 1.57. The summed E-state index contributed by atoms with van der Waals surface area (Å²) < 4.78 is 13.3. The first kappa shape index (κ1) is 13.5.